The Balaban J connectivity index is 2.06. The lowest BCUT2D eigenvalue weighted by Gasteiger charge is -2.09. The minimum atomic E-state index is -0.902. The van der Waals surface area contributed by atoms with E-state index >= 15 is 0 Å². The molecule has 9 nitrogen and oxygen atoms in total. The van der Waals surface area contributed by atoms with Crippen molar-refractivity contribution < 1.29 is 14.0 Å². The number of H-pyrrole nitrogens is 1. The van der Waals surface area contributed by atoms with Crippen LogP contribution in [0.3, 0.4) is 0 Å². The van der Waals surface area contributed by atoms with E-state index in [0.717, 1.165) is 11.6 Å². The number of nitrogens with zero attached hydrogens (tertiary/aromatic N) is 5. The highest BCUT2D eigenvalue weighted by atomic mass is 19.1. The number of isocyanates is 1. The minimum Gasteiger partial charge on any atom is -0.306 e. The fourth-order valence-electron chi connectivity index (χ4n) is 2.11. The zero-order valence-electron chi connectivity index (χ0n) is 12.8. The van der Waals surface area contributed by atoms with Crippen molar-refractivity contribution in [2.24, 2.45) is 4.99 Å². The molecule has 2 N–H and O–H groups in total. The highest BCUT2D eigenvalue weighted by Gasteiger charge is 2.22. The van der Waals surface area contributed by atoms with Crippen LogP contribution in [0, 0.1) is 12.7 Å². The number of aryl methyl sites for hydroxylation is 1. The Hall–Kier alpha value is -3.78. The molecule has 25 heavy (non-hydrogen) atoms. The second-order valence-electron chi connectivity index (χ2n) is 4.96. The molecule has 0 spiro atoms. The molecule has 0 unspecified atom stereocenters. The standard InChI is InChI=1S/C15H10FN7O2/c1-8-2-3-12(17-6-8)19-15(25)13-10(14-20-22-23-21-14)4-9(18-7-24)5-11(13)16/h2-6H,1H3,(H,17,19,25)(H,20,21,22,23). The number of amides is 1. The highest BCUT2D eigenvalue weighted by Crippen LogP contribution is 2.28. The molecule has 2 heterocycles. The van der Waals surface area contributed by atoms with Crippen LogP contribution in [0.1, 0.15) is 15.9 Å². The summed E-state index contributed by atoms with van der Waals surface area (Å²) in [5.41, 5.74) is 0.575. The number of hydrogen-bond acceptors (Lipinski definition) is 7. The number of aromatic nitrogens is 5. The van der Waals surface area contributed by atoms with Crippen molar-refractivity contribution in [3.63, 3.8) is 0 Å². The molecule has 0 saturated carbocycles. The van der Waals surface area contributed by atoms with Crippen LogP contribution in [0.15, 0.2) is 35.5 Å². The molecule has 124 valence electrons. The lowest BCUT2D eigenvalue weighted by atomic mass is 10.0. The number of aromatic amines is 1. The van der Waals surface area contributed by atoms with Crippen molar-refractivity contribution in [3.05, 3.63) is 47.4 Å². The van der Waals surface area contributed by atoms with Gasteiger partial charge in [0.15, 0.2) is 0 Å². The molecule has 0 aliphatic carbocycles. The Morgan fingerprint density at radius 2 is 2.20 bits per heavy atom. The van der Waals surface area contributed by atoms with Crippen LogP contribution >= 0.6 is 0 Å². The van der Waals surface area contributed by atoms with Gasteiger partial charge in [0.25, 0.3) is 5.91 Å². The van der Waals surface area contributed by atoms with Gasteiger partial charge in [-0.1, -0.05) is 6.07 Å². The number of nitrogens with one attached hydrogen (secondary N) is 2. The molecule has 2 aromatic heterocycles. The summed E-state index contributed by atoms with van der Waals surface area (Å²) in [7, 11) is 0. The van der Waals surface area contributed by atoms with Gasteiger partial charge in [-0.2, -0.15) is 10.2 Å². The van der Waals surface area contributed by atoms with Gasteiger partial charge in [0.1, 0.15) is 11.6 Å². The Morgan fingerprint density at radius 3 is 2.84 bits per heavy atom. The van der Waals surface area contributed by atoms with E-state index in [2.05, 4.69) is 35.9 Å². The molecule has 0 aliphatic heterocycles. The van der Waals surface area contributed by atoms with Gasteiger partial charge in [-0.05, 0) is 29.8 Å². The summed E-state index contributed by atoms with van der Waals surface area (Å²) in [4.78, 5) is 30.3. The largest absolute Gasteiger partial charge is 0.306 e. The van der Waals surface area contributed by atoms with E-state index in [-0.39, 0.29) is 28.5 Å². The summed E-state index contributed by atoms with van der Waals surface area (Å²) in [5.74, 6) is -1.43. The lowest BCUT2D eigenvalue weighted by molar-refractivity contribution is 0.102. The second-order valence-corrected chi connectivity index (χ2v) is 4.96. The Bertz CT molecular complexity index is 964. The fourth-order valence-corrected chi connectivity index (χ4v) is 2.11. The molecule has 0 aliphatic rings. The Morgan fingerprint density at radius 1 is 1.36 bits per heavy atom. The van der Waals surface area contributed by atoms with E-state index in [9.17, 15) is 14.0 Å². The molecule has 1 amide bonds. The molecular weight excluding hydrogens is 329 g/mol. The molecule has 1 aromatic carbocycles. The molecule has 0 fully saturated rings. The van der Waals surface area contributed by atoms with Crippen LogP contribution in [0.4, 0.5) is 15.9 Å². The monoisotopic (exact) mass is 339 g/mol. The number of hydrogen-bond donors (Lipinski definition) is 2. The summed E-state index contributed by atoms with van der Waals surface area (Å²) < 4.78 is 14.5. The number of benzene rings is 1. The number of halogens is 1. The van der Waals surface area contributed by atoms with E-state index in [1.54, 1.807) is 18.3 Å². The third-order valence-electron chi connectivity index (χ3n) is 3.22. The topological polar surface area (TPSA) is 126 Å². The van der Waals surface area contributed by atoms with Gasteiger partial charge >= 0.3 is 0 Å². The van der Waals surface area contributed by atoms with E-state index in [0.29, 0.717) is 0 Å². The van der Waals surface area contributed by atoms with Gasteiger partial charge in [0.05, 0.1) is 11.3 Å². The van der Waals surface area contributed by atoms with Crippen molar-refractivity contribution in [1.82, 2.24) is 25.6 Å². The van der Waals surface area contributed by atoms with Gasteiger partial charge in [-0.3, -0.25) is 4.79 Å². The molecule has 0 bridgehead atoms. The van der Waals surface area contributed by atoms with E-state index in [1.165, 1.54) is 12.1 Å². The van der Waals surface area contributed by atoms with Crippen molar-refractivity contribution in [1.29, 1.82) is 0 Å². The van der Waals surface area contributed by atoms with Crippen LogP contribution in [0.2, 0.25) is 0 Å². The first-order valence-electron chi connectivity index (χ1n) is 6.97. The first-order valence-corrected chi connectivity index (χ1v) is 6.97. The molecule has 3 aromatic rings. The number of rotatable bonds is 4. The number of carbonyl (C=O) groups excluding carboxylic acids is 2. The number of aliphatic imine (C=N–C) groups is 1. The normalized spacial score (nSPS) is 10.2. The Kier molecular flexibility index (Phi) is 4.36. The molecule has 0 saturated heterocycles. The summed E-state index contributed by atoms with van der Waals surface area (Å²) in [6.45, 7) is 1.85. The maximum atomic E-state index is 14.5. The number of tetrazole rings is 1. The lowest BCUT2D eigenvalue weighted by Crippen LogP contribution is -2.16. The van der Waals surface area contributed by atoms with Crippen LogP contribution in [-0.2, 0) is 4.79 Å². The third kappa shape index (κ3) is 3.43. The van der Waals surface area contributed by atoms with Crippen LogP contribution < -0.4 is 5.32 Å². The second kappa shape index (κ2) is 6.77. The van der Waals surface area contributed by atoms with Gasteiger partial charge < -0.3 is 5.32 Å². The number of pyridine rings is 1. The van der Waals surface area contributed by atoms with Crippen LogP contribution in [0.5, 0.6) is 0 Å². The molecule has 0 atom stereocenters. The van der Waals surface area contributed by atoms with Gasteiger partial charge in [-0.25, -0.2) is 14.2 Å². The predicted molar refractivity (Wildman–Crippen MR) is 84.3 cm³/mol. The first kappa shape index (κ1) is 16.1. The van der Waals surface area contributed by atoms with Gasteiger partial charge in [0.2, 0.25) is 11.9 Å². The summed E-state index contributed by atoms with van der Waals surface area (Å²) in [6.07, 6.45) is 2.87. The van der Waals surface area contributed by atoms with E-state index < -0.39 is 11.7 Å². The van der Waals surface area contributed by atoms with Gasteiger partial charge in [-0.15, -0.1) is 10.2 Å². The zero-order chi connectivity index (χ0) is 17.8. The van der Waals surface area contributed by atoms with Crippen molar-refractivity contribution in [2.45, 2.75) is 6.92 Å². The Labute approximate surface area is 140 Å². The quantitative estimate of drug-likeness (QED) is 0.552. The van der Waals surface area contributed by atoms with Crippen molar-refractivity contribution in [2.75, 3.05) is 5.32 Å². The molecule has 0 radical (unpaired) electrons. The third-order valence-corrected chi connectivity index (χ3v) is 3.22. The highest BCUT2D eigenvalue weighted by molar-refractivity contribution is 6.08. The summed E-state index contributed by atoms with van der Waals surface area (Å²) in [6, 6.07) is 5.56. The van der Waals surface area contributed by atoms with Gasteiger partial charge in [0, 0.05) is 17.8 Å². The SMILES string of the molecule is Cc1ccc(NC(=O)c2c(F)cc(N=C=O)cc2-c2nn[nH]n2)nc1. The fraction of sp³-hybridized carbons (Fsp3) is 0.0667. The van der Waals surface area contributed by atoms with E-state index in [4.69, 9.17) is 0 Å². The van der Waals surface area contributed by atoms with Crippen LogP contribution in [-0.4, -0.2) is 37.6 Å². The average molecular weight is 339 g/mol. The molecule has 10 heteroatoms. The van der Waals surface area contributed by atoms with Crippen molar-refractivity contribution in [3.8, 4) is 11.4 Å². The molecular formula is C15H10FN7O2. The first-order chi connectivity index (χ1) is 12.1. The van der Waals surface area contributed by atoms with Crippen LogP contribution in [0.25, 0.3) is 11.4 Å². The summed E-state index contributed by atoms with van der Waals surface area (Å²) in [5, 5.41) is 15.6. The number of anilines is 1. The predicted octanol–water partition coefficient (Wildman–Crippen LogP) is 1.93. The maximum absolute atomic E-state index is 14.5. The molecule has 3 rings (SSSR count). The number of carbonyl (C=O) groups is 1. The van der Waals surface area contributed by atoms with Crippen molar-refractivity contribution >= 4 is 23.5 Å². The maximum Gasteiger partial charge on any atom is 0.260 e. The smallest absolute Gasteiger partial charge is 0.260 e. The minimum absolute atomic E-state index is 0.0207. The van der Waals surface area contributed by atoms with E-state index in [1.807, 2.05) is 6.92 Å². The average Bonchev–Trinajstić information content (AvgIpc) is 3.11. The zero-order valence-corrected chi connectivity index (χ0v) is 12.8. The summed E-state index contributed by atoms with van der Waals surface area (Å²) >= 11 is 0.